The number of nitrogens with one attached hydrogen (secondary N) is 1. The first-order valence-corrected chi connectivity index (χ1v) is 12.0. The van der Waals surface area contributed by atoms with E-state index in [9.17, 15) is 9.59 Å². The van der Waals surface area contributed by atoms with Crippen LogP contribution in [0.3, 0.4) is 0 Å². The lowest BCUT2D eigenvalue weighted by atomic mass is 10.2. The average Bonchev–Trinajstić information content (AvgIpc) is 3.39. The molecule has 0 atom stereocenters. The zero-order valence-corrected chi connectivity index (χ0v) is 20.2. The van der Waals surface area contributed by atoms with Gasteiger partial charge in [0.1, 0.15) is 15.8 Å². The summed E-state index contributed by atoms with van der Waals surface area (Å²) in [5.74, 6) is 1.88. The molecule has 1 fully saturated rings. The van der Waals surface area contributed by atoms with Gasteiger partial charge in [-0.2, -0.15) is 0 Å². The largest absolute Gasteiger partial charge is 0.454 e. The number of thioether (sulfide) groups is 1. The summed E-state index contributed by atoms with van der Waals surface area (Å²) in [7, 11) is 0. The molecule has 34 heavy (non-hydrogen) atoms. The molecule has 0 bridgehead atoms. The Hall–Kier alpha value is -3.37. The number of carbonyl (C=O) groups excluding carboxylic acids is 1. The number of pyridine rings is 1. The normalized spacial score (nSPS) is 16.3. The van der Waals surface area contributed by atoms with Crippen LogP contribution in [0.5, 0.6) is 11.5 Å². The highest BCUT2D eigenvalue weighted by molar-refractivity contribution is 8.26. The van der Waals surface area contributed by atoms with Crippen LogP contribution in [0.25, 0.3) is 11.7 Å². The average molecular weight is 495 g/mol. The van der Waals surface area contributed by atoms with Gasteiger partial charge in [0.15, 0.2) is 11.5 Å². The number of anilines is 1. The predicted octanol–water partition coefficient (Wildman–Crippen LogP) is 3.89. The van der Waals surface area contributed by atoms with Gasteiger partial charge < -0.3 is 14.8 Å². The quantitative estimate of drug-likeness (QED) is 0.408. The predicted molar refractivity (Wildman–Crippen MR) is 136 cm³/mol. The highest BCUT2D eigenvalue weighted by atomic mass is 32.2. The third-order valence-electron chi connectivity index (χ3n) is 5.37. The van der Waals surface area contributed by atoms with Gasteiger partial charge in [0.05, 0.1) is 17.0 Å². The van der Waals surface area contributed by atoms with Gasteiger partial charge in [-0.3, -0.25) is 18.9 Å². The molecule has 0 radical (unpaired) electrons. The zero-order chi connectivity index (χ0) is 23.8. The number of hydrogen-bond acceptors (Lipinski definition) is 8. The summed E-state index contributed by atoms with van der Waals surface area (Å²) < 4.78 is 12.7. The van der Waals surface area contributed by atoms with Crippen molar-refractivity contribution in [3.8, 4) is 11.5 Å². The Kier molecular flexibility index (Phi) is 6.01. The van der Waals surface area contributed by atoms with E-state index in [-0.39, 0.29) is 18.3 Å². The Morgan fingerprint density at radius 1 is 1.21 bits per heavy atom. The molecule has 2 aliphatic heterocycles. The van der Waals surface area contributed by atoms with Gasteiger partial charge in [-0.05, 0) is 41.8 Å². The molecule has 0 unspecified atom stereocenters. The number of benzene rings is 1. The molecular formula is C24H22N4O4S2. The van der Waals surface area contributed by atoms with Crippen molar-refractivity contribution in [3.63, 3.8) is 0 Å². The van der Waals surface area contributed by atoms with E-state index < -0.39 is 0 Å². The van der Waals surface area contributed by atoms with E-state index in [4.69, 9.17) is 21.7 Å². The molecule has 10 heteroatoms. The second-order valence-electron chi connectivity index (χ2n) is 8.34. The summed E-state index contributed by atoms with van der Waals surface area (Å²) in [4.78, 5) is 33.1. The van der Waals surface area contributed by atoms with Crippen molar-refractivity contribution < 1.29 is 14.3 Å². The molecule has 1 amide bonds. The highest BCUT2D eigenvalue weighted by Crippen LogP contribution is 2.36. The number of ether oxygens (including phenoxy) is 2. The number of amides is 1. The summed E-state index contributed by atoms with van der Waals surface area (Å²) in [5, 5.41) is 3.26. The maximum absolute atomic E-state index is 13.3. The van der Waals surface area contributed by atoms with Crippen molar-refractivity contribution in [3.05, 3.63) is 69.0 Å². The van der Waals surface area contributed by atoms with E-state index in [0.717, 1.165) is 5.56 Å². The molecule has 2 aliphatic rings. The first-order valence-electron chi connectivity index (χ1n) is 10.8. The van der Waals surface area contributed by atoms with Gasteiger partial charge in [0.2, 0.25) is 6.79 Å². The lowest BCUT2D eigenvalue weighted by Gasteiger charge is -2.15. The molecule has 0 saturated carbocycles. The zero-order valence-electron chi connectivity index (χ0n) is 18.6. The fourth-order valence-electron chi connectivity index (χ4n) is 3.66. The monoisotopic (exact) mass is 494 g/mol. The third-order valence-corrected chi connectivity index (χ3v) is 6.75. The van der Waals surface area contributed by atoms with E-state index in [2.05, 4.69) is 24.1 Å². The van der Waals surface area contributed by atoms with E-state index in [1.807, 2.05) is 24.3 Å². The van der Waals surface area contributed by atoms with Crippen LogP contribution in [-0.4, -0.2) is 37.8 Å². The van der Waals surface area contributed by atoms with Crippen LogP contribution in [0, 0.1) is 5.92 Å². The molecule has 8 nitrogen and oxygen atoms in total. The van der Waals surface area contributed by atoms with Gasteiger partial charge in [-0.25, -0.2) is 4.98 Å². The van der Waals surface area contributed by atoms with Crippen molar-refractivity contribution >= 4 is 51.7 Å². The number of hydrogen-bond donors (Lipinski definition) is 1. The second-order valence-corrected chi connectivity index (χ2v) is 10.0. The number of aromatic nitrogens is 2. The number of rotatable bonds is 6. The van der Waals surface area contributed by atoms with E-state index in [1.165, 1.54) is 21.1 Å². The Morgan fingerprint density at radius 2 is 2.03 bits per heavy atom. The SMILES string of the molecule is CC(C)CNc1nc2ccccn2c(=O)c1/C=C1/SC(=S)N(Cc2ccc3c(c2)OCO3)C1=O. The molecule has 1 aromatic carbocycles. The van der Waals surface area contributed by atoms with E-state index >= 15 is 0 Å². The smallest absolute Gasteiger partial charge is 0.267 e. The number of nitrogens with zero attached hydrogens (tertiary/aromatic N) is 3. The lowest BCUT2D eigenvalue weighted by Crippen LogP contribution is -2.27. The van der Waals surface area contributed by atoms with E-state index in [1.54, 1.807) is 24.4 Å². The van der Waals surface area contributed by atoms with Crippen LogP contribution >= 0.6 is 24.0 Å². The van der Waals surface area contributed by atoms with Crippen LogP contribution in [0.4, 0.5) is 5.82 Å². The van der Waals surface area contributed by atoms with Crippen LogP contribution in [0.2, 0.25) is 0 Å². The highest BCUT2D eigenvalue weighted by Gasteiger charge is 2.33. The number of fused-ring (bicyclic) bond motifs is 2. The Labute approximate surface area is 205 Å². The maximum atomic E-state index is 13.3. The first kappa shape index (κ1) is 22.4. The fourth-order valence-corrected chi connectivity index (χ4v) is 4.89. The van der Waals surface area contributed by atoms with Crippen LogP contribution in [0.15, 0.2) is 52.3 Å². The molecule has 5 rings (SSSR count). The van der Waals surface area contributed by atoms with Crippen molar-refractivity contribution in [2.24, 2.45) is 5.92 Å². The molecule has 1 N–H and O–H groups in total. The molecule has 2 aromatic heterocycles. The molecule has 174 valence electrons. The molecule has 0 spiro atoms. The van der Waals surface area contributed by atoms with Crippen LogP contribution in [-0.2, 0) is 11.3 Å². The van der Waals surface area contributed by atoms with Gasteiger partial charge in [-0.1, -0.05) is 50.0 Å². The summed E-state index contributed by atoms with van der Waals surface area (Å²) in [6.45, 7) is 5.27. The summed E-state index contributed by atoms with van der Waals surface area (Å²) >= 11 is 6.67. The summed E-state index contributed by atoms with van der Waals surface area (Å²) in [5.41, 5.74) is 1.48. The molecule has 0 aliphatic carbocycles. The molecule has 1 saturated heterocycles. The minimum atomic E-state index is -0.252. The third kappa shape index (κ3) is 4.26. The molecule has 3 aromatic rings. The minimum Gasteiger partial charge on any atom is -0.454 e. The molecule has 4 heterocycles. The van der Waals surface area contributed by atoms with Crippen LogP contribution < -0.4 is 20.3 Å². The fraction of sp³-hybridized carbons (Fsp3) is 0.250. The minimum absolute atomic E-state index is 0.186. The van der Waals surface area contributed by atoms with Crippen molar-refractivity contribution in [2.75, 3.05) is 18.7 Å². The second kappa shape index (κ2) is 9.11. The number of carbonyl (C=O) groups is 1. The Morgan fingerprint density at radius 3 is 2.85 bits per heavy atom. The number of thiocarbonyl (C=S) groups is 1. The molecular weight excluding hydrogens is 472 g/mol. The van der Waals surface area contributed by atoms with Gasteiger partial charge >= 0.3 is 0 Å². The Bertz CT molecular complexity index is 1400. The van der Waals surface area contributed by atoms with E-state index in [0.29, 0.717) is 56.8 Å². The first-order chi connectivity index (χ1) is 16.4. The van der Waals surface area contributed by atoms with Gasteiger partial charge in [-0.15, -0.1) is 0 Å². The Balaban J connectivity index is 1.48. The standard InChI is InChI=1S/C24H22N4O4S2/c1-14(2)11-25-21-16(22(29)27-8-4-3-5-20(27)26-21)10-19-23(30)28(24(33)34-19)12-15-6-7-17-18(9-15)32-13-31-17/h3-10,14,25H,11-13H2,1-2H3/b19-10+. The topological polar surface area (TPSA) is 85.2 Å². The maximum Gasteiger partial charge on any atom is 0.267 e. The summed E-state index contributed by atoms with van der Waals surface area (Å²) in [6, 6.07) is 10.9. The lowest BCUT2D eigenvalue weighted by molar-refractivity contribution is -0.122. The van der Waals surface area contributed by atoms with Crippen molar-refractivity contribution in [1.82, 2.24) is 14.3 Å². The van der Waals surface area contributed by atoms with Gasteiger partial charge in [0, 0.05) is 12.7 Å². The van der Waals surface area contributed by atoms with Crippen molar-refractivity contribution in [2.45, 2.75) is 20.4 Å². The van der Waals surface area contributed by atoms with Crippen molar-refractivity contribution in [1.29, 1.82) is 0 Å². The summed E-state index contributed by atoms with van der Waals surface area (Å²) in [6.07, 6.45) is 3.26. The van der Waals surface area contributed by atoms with Crippen LogP contribution in [0.1, 0.15) is 25.0 Å². The van der Waals surface area contributed by atoms with Gasteiger partial charge in [0.25, 0.3) is 11.5 Å².